The number of amides is 1. The molecule has 0 unspecified atom stereocenters. The second-order valence-corrected chi connectivity index (χ2v) is 8.71. The van der Waals surface area contributed by atoms with Crippen molar-refractivity contribution in [1.29, 1.82) is 0 Å². The molecule has 1 fully saturated rings. The van der Waals surface area contributed by atoms with Crippen LogP contribution in [0.25, 0.3) is 11.1 Å². The molecule has 1 amide bonds. The minimum Gasteiger partial charge on any atom is -0.465 e. The number of likely N-dealkylation sites (tertiary alicyclic amines) is 1. The van der Waals surface area contributed by atoms with Crippen molar-refractivity contribution < 1.29 is 53.2 Å². The van der Waals surface area contributed by atoms with E-state index in [0.29, 0.717) is 0 Å². The molecular weight excluding hydrogens is 487 g/mol. The number of alkyl halides is 5. The zero-order chi connectivity index (χ0) is 24.8. The molecular formula is C19H14F7NO5S. The average Bonchev–Trinajstić information content (AvgIpc) is 2.93. The fourth-order valence-electron chi connectivity index (χ4n) is 3.47. The predicted octanol–water partition coefficient (Wildman–Crippen LogP) is 4.41. The minimum atomic E-state index is -6.53. The smallest absolute Gasteiger partial charge is 0.465 e. The molecule has 180 valence electrons. The van der Waals surface area contributed by atoms with Crippen LogP contribution < -0.4 is 0 Å². The van der Waals surface area contributed by atoms with E-state index in [1.165, 1.54) is 24.3 Å². The summed E-state index contributed by atoms with van der Waals surface area (Å²) in [5, 5.41) is 9.23. The van der Waals surface area contributed by atoms with E-state index in [9.17, 15) is 44.7 Å². The first-order valence-electron chi connectivity index (χ1n) is 9.04. The molecule has 0 saturated carbocycles. The number of halogens is 7. The second-order valence-electron chi connectivity index (χ2n) is 7.15. The number of hydrogen-bond donors (Lipinski definition) is 1. The SMILES string of the molecule is O=C(O)N1CC(F)(F)[C@@H](OS(=O)(=O)C(F)(F)F)[C@@H]1Cc1cccc(-c2cccc(F)c2)c1F. The fourth-order valence-corrected chi connectivity index (χ4v) is 4.12. The molecule has 0 bridgehead atoms. The Balaban J connectivity index is 2.03. The maximum absolute atomic E-state index is 15.1. The van der Waals surface area contributed by atoms with Crippen molar-refractivity contribution in [2.75, 3.05) is 6.54 Å². The van der Waals surface area contributed by atoms with E-state index in [2.05, 4.69) is 4.18 Å². The molecule has 3 rings (SSSR count). The Hall–Kier alpha value is -2.87. The molecule has 1 saturated heterocycles. The lowest BCUT2D eigenvalue weighted by Crippen LogP contribution is -2.46. The van der Waals surface area contributed by atoms with Gasteiger partial charge in [-0.2, -0.15) is 21.6 Å². The van der Waals surface area contributed by atoms with Gasteiger partial charge in [0, 0.05) is 5.56 Å². The molecule has 6 nitrogen and oxygen atoms in total. The van der Waals surface area contributed by atoms with E-state index in [1.54, 1.807) is 0 Å². The first kappa shape index (κ1) is 24.8. The van der Waals surface area contributed by atoms with Crippen LogP contribution in [0.15, 0.2) is 42.5 Å². The molecule has 2 atom stereocenters. The molecule has 1 aliphatic rings. The van der Waals surface area contributed by atoms with Gasteiger partial charge in [-0.05, 0) is 29.7 Å². The van der Waals surface area contributed by atoms with Crippen LogP contribution in [0.5, 0.6) is 0 Å². The fraction of sp³-hybridized carbons (Fsp3) is 0.316. The largest absolute Gasteiger partial charge is 0.523 e. The monoisotopic (exact) mass is 501 g/mol. The van der Waals surface area contributed by atoms with Gasteiger partial charge in [-0.15, -0.1) is 0 Å². The highest BCUT2D eigenvalue weighted by molar-refractivity contribution is 7.87. The lowest BCUT2D eigenvalue weighted by Gasteiger charge is -2.26. The van der Waals surface area contributed by atoms with E-state index in [1.807, 2.05) is 0 Å². The summed E-state index contributed by atoms with van der Waals surface area (Å²) in [4.78, 5) is 11.4. The Morgan fingerprint density at radius 2 is 1.79 bits per heavy atom. The molecule has 1 heterocycles. The Kier molecular flexibility index (Phi) is 6.37. The van der Waals surface area contributed by atoms with Crippen LogP contribution >= 0.6 is 0 Å². The van der Waals surface area contributed by atoms with Crippen molar-refractivity contribution in [3.05, 3.63) is 59.7 Å². The summed E-state index contributed by atoms with van der Waals surface area (Å²) in [7, 11) is -6.53. The highest BCUT2D eigenvalue weighted by atomic mass is 32.2. The Morgan fingerprint density at radius 3 is 2.36 bits per heavy atom. The van der Waals surface area contributed by atoms with Gasteiger partial charge in [0.15, 0.2) is 6.10 Å². The van der Waals surface area contributed by atoms with Crippen LogP contribution in [0, 0.1) is 11.6 Å². The third-order valence-corrected chi connectivity index (χ3v) is 5.98. The highest BCUT2D eigenvalue weighted by Gasteiger charge is 2.61. The van der Waals surface area contributed by atoms with Gasteiger partial charge in [0.25, 0.3) is 5.92 Å². The molecule has 0 spiro atoms. The van der Waals surface area contributed by atoms with Crippen LogP contribution in [0.3, 0.4) is 0 Å². The first-order valence-corrected chi connectivity index (χ1v) is 10.4. The molecule has 0 aromatic heterocycles. The second kappa shape index (κ2) is 8.48. The molecule has 33 heavy (non-hydrogen) atoms. The topological polar surface area (TPSA) is 83.9 Å². The van der Waals surface area contributed by atoms with Gasteiger partial charge in [-0.3, -0.25) is 9.08 Å². The number of benzene rings is 2. The van der Waals surface area contributed by atoms with Crippen LogP contribution in [0.2, 0.25) is 0 Å². The number of nitrogens with zero attached hydrogens (tertiary/aromatic N) is 1. The standard InChI is InChI=1S/C19H14F7NO5S/c20-12-5-1-3-10(7-12)13-6-2-4-11(15(13)21)8-14-16(32-33(30,31)19(24,25)26)18(22,23)9-27(14)17(28)29/h1-7,14,16H,8-9H2,(H,28,29)/t14-,16-/m0/s1. The van der Waals surface area contributed by atoms with Crippen molar-refractivity contribution in [1.82, 2.24) is 4.90 Å². The number of carboxylic acid groups (broad SMARTS) is 1. The predicted molar refractivity (Wildman–Crippen MR) is 98.8 cm³/mol. The maximum atomic E-state index is 15.1. The van der Waals surface area contributed by atoms with E-state index in [4.69, 9.17) is 0 Å². The molecule has 0 radical (unpaired) electrons. The van der Waals surface area contributed by atoms with Crippen LogP contribution in [0.1, 0.15) is 5.56 Å². The number of carbonyl (C=O) groups is 1. The molecule has 14 heteroatoms. The van der Waals surface area contributed by atoms with E-state index < -0.39 is 70.0 Å². The summed E-state index contributed by atoms with van der Waals surface area (Å²) in [5.41, 5.74) is -6.62. The summed E-state index contributed by atoms with van der Waals surface area (Å²) < 4.78 is 122. The maximum Gasteiger partial charge on any atom is 0.523 e. The minimum absolute atomic E-state index is 0.00907. The summed E-state index contributed by atoms with van der Waals surface area (Å²) in [5.74, 6) is -6.13. The van der Waals surface area contributed by atoms with Gasteiger partial charge >= 0.3 is 21.7 Å². The van der Waals surface area contributed by atoms with E-state index in [0.717, 1.165) is 18.2 Å². The van der Waals surface area contributed by atoms with Crippen LogP contribution in [-0.4, -0.2) is 54.6 Å². The van der Waals surface area contributed by atoms with Crippen molar-refractivity contribution in [3.8, 4) is 11.1 Å². The van der Waals surface area contributed by atoms with Gasteiger partial charge in [0.1, 0.15) is 11.6 Å². The van der Waals surface area contributed by atoms with Gasteiger partial charge < -0.3 is 5.11 Å². The van der Waals surface area contributed by atoms with E-state index in [-0.39, 0.29) is 16.0 Å². The summed E-state index contributed by atoms with van der Waals surface area (Å²) in [6.07, 6.45) is -6.02. The third kappa shape index (κ3) is 4.90. The first-order chi connectivity index (χ1) is 15.1. The summed E-state index contributed by atoms with van der Waals surface area (Å²) in [6, 6.07) is 5.97. The van der Waals surface area contributed by atoms with Crippen molar-refractivity contribution in [2.24, 2.45) is 0 Å². The van der Waals surface area contributed by atoms with Crippen molar-refractivity contribution in [3.63, 3.8) is 0 Å². The highest BCUT2D eigenvalue weighted by Crippen LogP contribution is 2.40. The van der Waals surface area contributed by atoms with Crippen LogP contribution in [-0.2, 0) is 20.7 Å². The van der Waals surface area contributed by atoms with E-state index >= 15 is 4.39 Å². The Bertz CT molecular complexity index is 1170. The van der Waals surface area contributed by atoms with Gasteiger partial charge in [-0.25, -0.2) is 22.4 Å². The molecule has 1 N–H and O–H groups in total. The van der Waals surface area contributed by atoms with Crippen molar-refractivity contribution in [2.45, 2.75) is 30.0 Å². The molecule has 2 aromatic rings. The van der Waals surface area contributed by atoms with Gasteiger partial charge in [0.2, 0.25) is 0 Å². The summed E-state index contributed by atoms with van der Waals surface area (Å²) >= 11 is 0. The third-order valence-electron chi connectivity index (χ3n) is 4.95. The zero-order valence-electron chi connectivity index (χ0n) is 16.2. The quantitative estimate of drug-likeness (QED) is 0.373. The lowest BCUT2D eigenvalue weighted by atomic mass is 9.96. The Labute approximate surface area is 182 Å². The molecule has 2 aromatic carbocycles. The lowest BCUT2D eigenvalue weighted by molar-refractivity contribution is -0.0902. The average molecular weight is 501 g/mol. The molecule has 1 aliphatic heterocycles. The summed E-state index contributed by atoms with van der Waals surface area (Å²) in [6.45, 7) is -1.67. The van der Waals surface area contributed by atoms with Gasteiger partial charge in [0.05, 0.1) is 12.6 Å². The Morgan fingerprint density at radius 1 is 1.15 bits per heavy atom. The normalized spacial score (nSPS) is 20.8. The van der Waals surface area contributed by atoms with Crippen LogP contribution in [0.4, 0.5) is 35.5 Å². The van der Waals surface area contributed by atoms with Crippen molar-refractivity contribution >= 4 is 16.2 Å². The molecule has 0 aliphatic carbocycles. The number of hydrogen-bond acceptors (Lipinski definition) is 4. The zero-order valence-corrected chi connectivity index (χ0v) is 17.0. The van der Waals surface area contributed by atoms with Gasteiger partial charge in [-0.1, -0.05) is 30.3 Å². The number of rotatable bonds is 5.